The zero-order valence-corrected chi connectivity index (χ0v) is 10.7. The van der Waals surface area contributed by atoms with E-state index in [2.05, 4.69) is 10.1 Å². The third kappa shape index (κ3) is 2.54. The van der Waals surface area contributed by atoms with Crippen molar-refractivity contribution in [2.24, 2.45) is 0 Å². The lowest BCUT2D eigenvalue weighted by molar-refractivity contribution is -0.383. The van der Waals surface area contributed by atoms with E-state index in [4.69, 9.17) is 10.3 Å². The molecule has 1 aromatic carbocycles. The van der Waals surface area contributed by atoms with Crippen LogP contribution in [0.4, 0.5) is 11.4 Å². The van der Waals surface area contributed by atoms with Gasteiger partial charge in [-0.3, -0.25) is 10.1 Å². The van der Waals surface area contributed by atoms with Gasteiger partial charge in [0.2, 0.25) is 0 Å². The second-order valence-corrected chi connectivity index (χ2v) is 4.30. The summed E-state index contributed by atoms with van der Waals surface area (Å²) in [4.78, 5) is 14.5. The fourth-order valence-corrected chi connectivity index (χ4v) is 1.57. The number of anilines is 1. The van der Waals surface area contributed by atoms with Crippen LogP contribution in [0.2, 0.25) is 0 Å². The summed E-state index contributed by atoms with van der Waals surface area (Å²) < 4.78 is 5.12. The summed E-state index contributed by atoms with van der Waals surface area (Å²) in [5, 5.41) is 14.7. The summed E-state index contributed by atoms with van der Waals surface area (Å²) in [5.41, 5.74) is 5.96. The molecule has 0 spiro atoms. The molecule has 0 fully saturated rings. The van der Waals surface area contributed by atoms with E-state index in [0.29, 0.717) is 11.4 Å². The summed E-state index contributed by atoms with van der Waals surface area (Å²) in [6.45, 7) is 4.01. The van der Waals surface area contributed by atoms with Gasteiger partial charge in [-0.1, -0.05) is 19.0 Å². The molecule has 0 radical (unpaired) electrons. The molecule has 1 aromatic heterocycles. The van der Waals surface area contributed by atoms with E-state index in [1.807, 2.05) is 13.8 Å². The van der Waals surface area contributed by atoms with Crippen molar-refractivity contribution in [3.63, 3.8) is 0 Å². The van der Waals surface area contributed by atoms with E-state index in [-0.39, 0.29) is 23.2 Å². The van der Waals surface area contributed by atoms with Gasteiger partial charge in [-0.2, -0.15) is 4.98 Å². The third-order valence-electron chi connectivity index (χ3n) is 2.97. The van der Waals surface area contributed by atoms with Crippen LogP contribution in [0, 0.1) is 10.1 Å². The van der Waals surface area contributed by atoms with E-state index < -0.39 is 4.92 Å². The fraction of sp³-hybridized carbons (Fsp3) is 0.333. The van der Waals surface area contributed by atoms with Crippen molar-refractivity contribution in [2.45, 2.75) is 26.2 Å². The fourth-order valence-electron chi connectivity index (χ4n) is 1.57. The zero-order valence-electron chi connectivity index (χ0n) is 10.7. The molecule has 100 valence electrons. The Morgan fingerprint density at radius 2 is 2.26 bits per heavy atom. The van der Waals surface area contributed by atoms with Crippen LogP contribution < -0.4 is 5.73 Å². The molecule has 0 aliphatic heterocycles. The van der Waals surface area contributed by atoms with E-state index >= 15 is 0 Å². The number of nitrogen functional groups attached to an aromatic ring is 1. The van der Waals surface area contributed by atoms with Crippen LogP contribution in [-0.4, -0.2) is 15.1 Å². The summed E-state index contributed by atoms with van der Waals surface area (Å²) in [6.07, 6.45) is 0.890. The maximum atomic E-state index is 10.8. The molecule has 2 rings (SSSR count). The Bertz CT molecular complexity index is 609. The van der Waals surface area contributed by atoms with Gasteiger partial charge in [-0.05, 0) is 18.6 Å². The molecule has 2 N–H and O–H groups in total. The van der Waals surface area contributed by atoms with Crippen molar-refractivity contribution in [2.75, 3.05) is 5.73 Å². The average Bonchev–Trinajstić information content (AvgIpc) is 2.87. The van der Waals surface area contributed by atoms with E-state index in [9.17, 15) is 10.1 Å². The van der Waals surface area contributed by atoms with Crippen molar-refractivity contribution in [1.29, 1.82) is 0 Å². The summed E-state index contributed by atoms with van der Waals surface area (Å²) in [7, 11) is 0. The first-order valence-corrected chi connectivity index (χ1v) is 5.90. The minimum Gasteiger partial charge on any atom is -0.393 e. The molecule has 2 aromatic rings. The largest absolute Gasteiger partial charge is 0.393 e. The highest BCUT2D eigenvalue weighted by Gasteiger charge is 2.17. The maximum Gasteiger partial charge on any atom is 0.292 e. The lowest BCUT2D eigenvalue weighted by Crippen LogP contribution is -1.96. The average molecular weight is 262 g/mol. The first kappa shape index (κ1) is 13.0. The van der Waals surface area contributed by atoms with Gasteiger partial charge in [-0.15, -0.1) is 0 Å². The molecule has 19 heavy (non-hydrogen) atoms. The molecule has 1 heterocycles. The standard InChI is InChI=1S/C12H14N4O3/c1-3-7(2)11-14-12(19-15-11)8-4-5-9(13)10(6-8)16(17)18/h4-7H,3,13H2,1-2H3. The molecule has 0 saturated heterocycles. The van der Waals surface area contributed by atoms with Gasteiger partial charge in [0.1, 0.15) is 5.69 Å². The molecular weight excluding hydrogens is 248 g/mol. The van der Waals surface area contributed by atoms with Crippen molar-refractivity contribution in [1.82, 2.24) is 10.1 Å². The van der Waals surface area contributed by atoms with Crippen LogP contribution in [0.1, 0.15) is 32.0 Å². The molecule has 0 bridgehead atoms. The first-order valence-electron chi connectivity index (χ1n) is 5.90. The van der Waals surface area contributed by atoms with Crippen LogP contribution in [0.25, 0.3) is 11.5 Å². The van der Waals surface area contributed by atoms with Gasteiger partial charge in [-0.25, -0.2) is 0 Å². The Morgan fingerprint density at radius 3 is 2.89 bits per heavy atom. The SMILES string of the molecule is CCC(C)c1noc(-c2ccc(N)c([N+](=O)[O-])c2)n1. The van der Waals surface area contributed by atoms with Gasteiger partial charge in [0.25, 0.3) is 11.6 Å². The lowest BCUT2D eigenvalue weighted by atomic mass is 10.1. The number of rotatable bonds is 4. The molecular formula is C12H14N4O3. The molecule has 0 saturated carbocycles. The van der Waals surface area contributed by atoms with Crippen molar-refractivity contribution < 1.29 is 9.45 Å². The second kappa shape index (κ2) is 5.05. The first-order chi connectivity index (χ1) is 9.02. The third-order valence-corrected chi connectivity index (χ3v) is 2.97. The van der Waals surface area contributed by atoms with Crippen LogP contribution in [0.3, 0.4) is 0 Å². The molecule has 0 aliphatic rings. The van der Waals surface area contributed by atoms with Gasteiger partial charge in [0.05, 0.1) is 4.92 Å². The van der Waals surface area contributed by atoms with Crippen LogP contribution in [0.5, 0.6) is 0 Å². The van der Waals surface area contributed by atoms with E-state index in [1.165, 1.54) is 12.1 Å². The number of benzene rings is 1. The molecule has 0 aliphatic carbocycles. The van der Waals surface area contributed by atoms with Crippen LogP contribution in [-0.2, 0) is 0 Å². The Labute approximate surface area is 109 Å². The minimum atomic E-state index is -0.537. The van der Waals surface area contributed by atoms with Crippen molar-refractivity contribution >= 4 is 11.4 Å². The molecule has 7 nitrogen and oxygen atoms in total. The van der Waals surface area contributed by atoms with Crippen molar-refractivity contribution in [3.8, 4) is 11.5 Å². The number of hydrogen-bond donors (Lipinski definition) is 1. The lowest BCUT2D eigenvalue weighted by Gasteiger charge is -1.99. The highest BCUT2D eigenvalue weighted by Crippen LogP contribution is 2.28. The monoisotopic (exact) mass is 262 g/mol. The highest BCUT2D eigenvalue weighted by molar-refractivity contribution is 5.67. The molecule has 1 unspecified atom stereocenters. The van der Waals surface area contributed by atoms with Gasteiger partial charge < -0.3 is 10.3 Å². The smallest absolute Gasteiger partial charge is 0.292 e. The minimum absolute atomic E-state index is 0.107. The Balaban J connectivity index is 2.39. The van der Waals surface area contributed by atoms with E-state index in [1.54, 1.807) is 6.07 Å². The predicted molar refractivity (Wildman–Crippen MR) is 69.5 cm³/mol. The quantitative estimate of drug-likeness (QED) is 0.515. The Kier molecular flexibility index (Phi) is 3.46. The summed E-state index contributed by atoms with van der Waals surface area (Å²) in [6, 6.07) is 4.42. The van der Waals surface area contributed by atoms with E-state index in [0.717, 1.165) is 6.42 Å². The summed E-state index contributed by atoms with van der Waals surface area (Å²) in [5.74, 6) is 1.04. The Hall–Kier alpha value is -2.44. The normalized spacial score (nSPS) is 12.3. The summed E-state index contributed by atoms with van der Waals surface area (Å²) >= 11 is 0. The van der Waals surface area contributed by atoms with Gasteiger partial charge in [0, 0.05) is 17.5 Å². The second-order valence-electron chi connectivity index (χ2n) is 4.30. The number of nitro groups is 1. The zero-order chi connectivity index (χ0) is 14.0. The predicted octanol–water partition coefficient (Wildman–Crippen LogP) is 2.74. The van der Waals surface area contributed by atoms with Crippen LogP contribution >= 0.6 is 0 Å². The molecule has 0 amide bonds. The maximum absolute atomic E-state index is 10.8. The number of nitro benzene ring substituents is 1. The van der Waals surface area contributed by atoms with Gasteiger partial charge >= 0.3 is 0 Å². The number of hydrogen-bond acceptors (Lipinski definition) is 6. The van der Waals surface area contributed by atoms with Crippen molar-refractivity contribution in [3.05, 3.63) is 34.1 Å². The topological polar surface area (TPSA) is 108 Å². The highest BCUT2D eigenvalue weighted by atomic mass is 16.6. The Morgan fingerprint density at radius 1 is 1.53 bits per heavy atom. The molecule has 1 atom stereocenters. The number of nitrogens with zero attached hydrogens (tertiary/aromatic N) is 3. The molecule has 7 heteroatoms. The number of aromatic nitrogens is 2. The van der Waals surface area contributed by atoms with Gasteiger partial charge in [0.15, 0.2) is 5.82 Å². The van der Waals surface area contributed by atoms with Crippen LogP contribution in [0.15, 0.2) is 22.7 Å². The number of nitrogens with two attached hydrogens (primary N) is 1.